The molecule has 0 spiro atoms. The zero-order chi connectivity index (χ0) is 12.0. The van der Waals surface area contributed by atoms with Gasteiger partial charge >= 0.3 is 0 Å². The monoisotopic (exact) mass is 260 g/mol. The van der Waals surface area contributed by atoms with Crippen LogP contribution < -0.4 is 5.32 Å². The molecule has 2 atom stereocenters. The standard InChI is InChI=1S/C11H20N2OS2/c1-8-10(16-7-13-8)4-5-12-9(2)11(6-14)15-3/h7,9,11-12,14H,4-6H2,1-3H3. The number of nitrogens with one attached hydrogen (secondary N) is 1. The summed E-state index contributed by atoms with van der Waals surface area (Å²) in [6, 6.07) is 0.341. The molecule has 0 fully saturated rings. The van der Waals surface area contributed by atoms with E-state index in [-0.39, 0.29) is 11.9 Å². The Morgan fingerprint density at radius 3 is 2.88 bits per heavy atom. The Balaban J connectivity index is 2.27. The van der Waals surface area contributed by atoms with Crippen LogP contribution in [0.1, 0.15) is 17.5 Å². The fraction of sp³-hybridized carbons (Fsp3) is 0.727. The molecule has 3 nitrogen and oxygen atoms in total. The quantitative estimate of drug-likeness (QED) is 0.783. The van der Waals surface area contributed by atoms with Crippen molar-refractivity contribution in [2.24, 2.45) is 0 Å². The topological polar surface area (TPSA) is 45.1 Å². The van der Waals surface area contributed by atoms with E-state index in [0.29, 0.717) is 6.04 Å². The van der Waals surface area contributed by atoms with Gasteiger partial charge < -0.3 is 10.4 Å². The highest BCUT2D eigenvalue weighted by Crippen LogP contribution is 2.13. The fourth-order valence-corrected chi connectivity index (χ4v) is 2.98. The van der Waals surface area contributed by atoms with Crippen LogP contribution in [0, 0.1) is 6.92 Å². The molecule has 92 valence electrons. The van der Waals surface area contributed by atoms with E-state index in [1.165, 1.54) is 4.88 Å². The molecule has 0 radical (unpaired) electrons. The Bertz CT molecular complexity index is 300. The fourth-order valence-electron chi connectivity index (χ4n) is 1.55. The van der Waals surface area contributed by atoms with Crippen molar-refractivity contribution >= 4 is 23.1 Å². The van der Waals surface area contributed by atoms with Gasteiger partial charge in [0.15, 0.2) is 0 Å². The minimum Gasteiger partial charge on any atom is -0.395 e. The van der Waals surface area contributed by atoms with Gasteiger partial charge in [-0.05, 0) is 26.5 Å². The van der Waals surface area contributed by atoms with Gasteiger partial charge in [0.2, 0.25) is 0 Å². The van der Waals surface area contributed by atoms with Crippen LogP contribution >= 0.6 is 23.1 Å². The molecule has 0 bridgehead atoms. The molecule has 0 aliphatic carbocycles. The molecule has 0 amide bonds. The first-order valence-corrected chi connectivity index (χ1v) is 7.61. The second kappa shape index (κ2) is 7.27. The zero-order valence-corrected chi connectivity index (χ0v) is 11.7. The number of hydrogen-bond acceptors (Lipinski definition) is 5. The maximum atomic E-state index is 9.16. The van der Waals surface area contributed by atoms with Crippen LogP contribution in [0.5, 0.6) is 0 Å². The first-order valence-electron chi connectivity index (χ1n) is 5.45. The SMILES string of the molecule is CSC(CO)C(C)NCCc1scnc1C. The Hall–Kier alpha value is -0.100. The molecule has 1 heterocycles. The molecule has 0 saturated heterocycles. The Morgan fingerprint density at radius 2 is 2.38 bits per heavy atom. The summed E-state index contributed by atoms with van der Waals surface area (Å²) in [7, 11) is 0. The third-order valence-electron chi connectivity index (χ3n) is 2.70. The van der Waals surface area contributed by atoms with Gasteiger partial charge in [0.25, 0.3) is 0 Å². The van der Waals surface area contributed by atoms with Crippen LogP contribution in [0.4, 0.5) is 0 Å². The van der Waals surface area contributed by atoms with Crippen molar-refractivity contribution in [3.05, 3.63) is 16.1 Å². The van der Waals surface area contributed by atoms with E-state index in [0.717, 1.165) is 18.7 Å². The predicted molar refractivity (Wildman–Crippen MR) is 72.4 cm³/mol. The van der Waals surface area contributed by atoms with E-state index >= 15 is 0 Å². The molecule has 1 aromatic heterocycles. The second-order valence-corrected chi connectivity index (χ2v) is 5.83. The van der Waals surface area contributed by atoms with Crippen molar-refractivity contribution in [2.75, 3.05) is 19.4 Å². The molecular formula is C11H20N2OS2. The van der Waals surface area contributed by atoms with Crippen molar-refractivity contribution in [3.8, 4) is 0 Å². The number of hydrogen-bond donors (Lipinski definition) is 2. The summed E-state index contributed by atoms with van der Waals surface area (Å²) in [5.41, 5.74) is 3.04. The molecule has 2 unspecified atom stereocenters. The van der Waals surface area contributed by atoms with Crippen LogP contribution in [0.15, 0.2) is 5.51 Å². The third kappa shape index (κ3) is 4.05. The first-order chi connectivity index (χ1) is 7.69. The van der Waals surface area contributed by atoms with E-state index in [1.54, 1.807) is 23.1 Å². The number of thioether (sulfide) groups is 1. The summed E-state index contributed by atoms with van der Waals surface area (Å²) in [6.07, 6.45) is 3.06. The summed E-state index contributed by atoms with van der Waals surface area (Å²) in [5, 5.41) is 12.9. The molecule has 0 aliphatic rings. The lowest BCUT2D eigenvalue weighted by molar-refractivity contribution is 0.276. The summed E-state index contributed by atoms with van der Waals surface area (Å²) in [6.45, 7) is 5.35. The number of rotatable bonds is 7. The normalized spacial score (nSPS) is 15.0. The van der Waals surface area contributed by atoms with E-state index < -0.39 is 0 Å². The third-order valence-corrected chi connectivity index (χ3v) is 4.86. The smallest absolute Gasteiger partial charge is 0.0797 e. The number of aryl methyl sites for hydroxylation is 1. The number of aliphatic hydroxyl groups excluding tert-OH is 1. The lowest BCUT2D eigenvalue weighted by atomic mass is 10.2. The van der Waals surface area contributed by atoms with Gasteiger partial charge in [0.1, 0.15) is 0 Å². The number of aromatic nitrogens is 1. The van der Waals surface area contributed by atoms with E-state index in [9.17, 15) is 0 Å². The lowest BCUT2D eigenvalue weighted by Crippen LogP contribution is -2.38. The van der Waals surface area contributed by atoms with Gasteiger partial charge in [0.05, 0.1) is 17.8 Å². The van der Waals surface area contributed by atoms with Gasteiger partial charge in [-0.2, -0.15) is 11.8 Å². The van der Waals surface area contributed by atoms with Crippen LogP contribution in [-0.2, 0) is 6.42 Å². The van der Waals surface area contributed by atoms with E-state index in [1.807, 2.05) is 18.7 Å². The van der Waals surface area contributed by atoms with Crippen molar-refractivity contribution in [1.29, 1.82) is 0 Å². The Kier molecular flexibility index (Phi) is 6.34. The van der Waals surface area contributed by atoms with Crippen molar-refractivity contribution in [3.63, 3.8) is 0 Å². The van der Waals surface area contributed by atoms with Crippen molar-refractivity contribution in [2.45, 2.75) is 31.6 Å². The summed E-state index contributed by atoms with van der Waals surface area (Å²) in [5.74, 6) is 0. The van der Waals surface area contributed by atoms with Crippen LogP contribution in [-0.4, -0.2) is 40.8 Å². The molecule has 2 N–H and O–H groups in total. The zero-order valence-electron chi connectivity index (χ0n) is 10.1. The van der Waals surface area contributed by atoms with Gasteiger partial charge in [-0.1, -0.05) is 0 Å². The maximum absolute atomic E-state index is 9.16. The lowest BCUT2D eigenvalue weighted by Gasteiger charge is -2.21. The summed E-state index contributed by atoms with van der Waals surface area (Å²) >= 11 is 3.42. The van der Waals surface area contributed by atoms with Crippen molar-refractivity contribution in [1.82, 2.24) is 10.3 Å². The predicted octanol–water partition coefficient (Wildman–Crippen LogP) is 1.70. The van der Waals surface area contributed by atoms with Crippen LogP contribution in [0.3, 0.4) is 0 Å². The molecule has 0 saturated carbocycles. The van der Waals surface area contributed by atoms with Gasteiger partial charge in [-0.25, -0.2) is 4.98 Å². The molecule has 1 aromatic rings. The number of aliphatic hydroxyl groups is 1. The summed E-state index contributed by atoms with van der Waals surface area (Å²) < 4.78 is 0. The van der Waals surface area contributed by atoms with Crippen molar-refractivity contribution < 1.29 is 5.11 Å². The highest BCUT2D eigenvalue weighted by molar-refractivity contribution is 7.99. The Labute approximate surface area is 106 Å². The summed E-state index contributed by atoms with van der Waals surface area (Å²) in [4.78, 5) is 5.58. The second-order valence-electron chi connectivity index (χ2n) is 3.81. The molecule has 0 aliphatic heterocycles. The van der Waals surface area contributed by atoms with Gasteiger partial charge in [-0.15, -0.1) is 11.3 Å². The average Bonchev–Trinajstić information content (AvgIpc) is 2.66. The number of thiazole rings is 1. The molecule has 1 rings (SSSR count). The molecular weight excluding hydrogens is 240 g/mol. The number of nitrogens with zero attached hydrogens (tertiary/aromatic N) is 1. The van der Waals surface area contributed by atoms with Gasteiger partial charge in [-0.3, -0.25) is 0 Å². The van der Waals surface area contributed by atoms with Gasteiger partial charge in [0, 0.05) is 22.7 Å². The van der Waals surface area contributed by atoms with E-state index in [4.69, 9.17) is 5.11 Å². The first kappa shape index (κ1) is 14.0. The van der Waals surface area contributed by atoms with Crippen LogP contribution in [0.25, 0.3) is 0 Å². The highest BCUT2D eigenvalue weighted by Gasteiger charge is 2.14. The highest BCUT2D eigenvalue weighted by atomic mass is 32.2. The van der Waals surface area contributed by atoms with E-state index in [2.05, 4.69) is 17.2 Å². The minimum absolute atomic E-state index is 0.231. The molecule has 0 aromatic carbocycles. The largest absolute Gasteiger partial charge is 0.395 e. The van der Waals surface area contributed by atoms with Crippen LogP contribution in [0.2, 0.25) is 0 Å². The Morgan fingerprint density at radius 1 is 1.62 bits per heavy atom. The maximum Gasteiger partial charge on any atom is 0.0797 e. The molecule has 16 heavy (non-hydrogen) atoms. The molecule has 5 heteroatoms. The minimum atomic E-state index is 0.231. The average molecular weight is 260 g/mol.